The Bertz CT molecular complexity index is 355. The standard InChI is InChI=1S/C7H6ClNOSSe/c1-10-5-2-3-7-6(4-5)9-12(8)11-7/h2-4H,1H3. The average Bonchev–Trinajstić information content (AvgIpc) is 2.43. The molecule has 0 amide bonds. The van der Waals surface area contributed by atoms with Crippen molar-refractivity contribution in [1.82, 2.24) is 0 Å². The van der Waals surface area contributed by atoms with E-state index in [0.29, 0.717) is 0 Å². The van der Waals surface area contributed by atoms with Gasteiger partial charge in [-0.3, -0.25) is 0 Å². The molecular weight excluding hydrogens is 261 g/mol. The van der Waals surface area contributed by atoms with E-state index in [1.165, 1.54) is 4.90 Å². The van der Waals surface area contributed by atoms with E-state index < -0.39 is 11.7 Å². The Kier molecular flexibility index (Phi) is 2.42. The molecule has 1 aromatic rings. The van der Waals surface area contributed by atoms with Crippen molar-refractivity contribution >= 4 is 37.6 Å². The first-order valence-corrected chi connectivity index (χ1v) is 9.14. The van der Waals surface area contributed by atoms with Crippen molar-refractivity contribution in [1.29, 1.82) is 0 Å². The minimum absolute atomic E-state index is 0.843. The number of ether oxygens (including phenoxy) is 1. The van der Waals surface area contributed by atoms with Gasteiger partial charge in [-0.15, -0.1) is 0 Å². The molecule has 1 aliphatic heterocycles. The Morgan fingerprint density at radius 1 is 1.58 bits per heavy atom. The first kappa shape index (κ1) is 8.57. The van der Waals surface area contributed by atoms with Crippen LogP contribution in [0.1, 0.15) is 0 Å². The molecule has 0 fully saturated rings. The third kappa shape index (κ3) is 1.52. The van der Waals surface area contributed by atoms with Crippen molar-refractivity contribution in [3.05, 3.63) is 18.2 Å². The van der Waals surface area contributed by atoms with Gasteiger partial charge in [0.25, 0.3) is 0 Å². The molecule has 1 heterocycles. The topological polar surface area (TPSA) is 21.6 Å². The average molecular weight is 267 g/mol. The number of hydrogen-bond acceptors (Lipinski definition) is 3. The monoisotopic (exact) mass is 267 g/mol. The number of benzene rings is 1. The number of nitrogens with zero attached hydrogens (tertiary/aromatic N) is 1. The predicted octanol–water partition coefficient (Wildman–Crippen LogP) is 2.92. The summed E-state index contributed by atoms with van der Waals surface area (Å²) >= 11 is -1.29. The molecule has 0 saturated heterocycles. The van der Waals surface area contributed by atoms with Crippen LogP contribution in [-0.2, 0) is 0 Å². The third-order valence-corrected chi connectivity index (χ3v) is 6.59. The van der Waals surface area contributed by atoms with Gasteiger partial charge in [0, 0.05) is 0 Å². The summed E-state index contributed by atoms with van der Waals surface area (Å²) in [5.41, 5.74) is 0.986. The van der Waals surface area contributed by atoms with Gasteiger partial charge in [0.15, 0.2) is 0 Å². The maximum absolute atomic E-state index is 5.95. The van der Waals surface area contributed by atoms with Gasteiger partial charge < -0.3 is 0 Å². The van der Waals surface area contributed by atoms with E-state index in [1.807, 2.05) is 18.2 Å². The number of fused-ring (bicyclic) bond motifs is 1. The van der Waals surface area contributed by atoms with Crippen molar-refractivity contribution in [2.24, 2.45) is 3.96 Å². The third-order valence-electron chi connectivity index (χ3n) is 1.49. The molecule has 0 radical (unpaired) electrons. The van der Waals surface area contributed by atoms with Crippen LogP contribution in [0.4, 0.5) is 5.69 Å². The summed E-state index contributed by atoms with van der Waals surface area (Å²) < 4.78 is 9.41. The van der Waals surface area contributed by atoms with E-state index in [0.717, 1.165) is 11.4 Å². The second-order valence-electron chi connectivity index (χ2n) is 2.21. The van der Waals surface area contributed by atoms with Crippen LogP contribution in [0.25, 0.3) is 0 Å². The Morgan fingerprint density at radius 2 is 2.42 bits per heavy atom. The Labute approximate surface area is 82.2 Å². The molecule has 12 heavy (non-hydrogen) atoms. The van der Waals surface area contributed by atoms with Gasteiger partial charge in [0.1, 0.15) is 0 Å². The fraction of sp³-hybridized carbons (Fsp3) is 0.143. The van der Waals surface area contributed by atoms with Crippen LogP contribution < -0.4 is 4.74 Å². The molecule has 0 saturated carbocycles. The van der Waals surface area contributed by atoms with E-state index in [-0.39, 0.29) is 0 Å². The summed E-state index contributed by atoms with van der Waals surface area (Å²) in [5.74, 6) is 0.843. The van der Waals surface area contributed by atoms with Crippen molar-refractivity contribution in [2.45, 2.75) is 4.90 Å². The summed E-state index contributed by atoms with van der Waals surface area (Å²) in [6, 6.07) is 5.87. The van der Waals surface area contributed by atoms with Crippen LogP contribution in [-0.4, -0.2) is 18.8 Å². The summed E-state index contributed by atoms with van der Waals surface area (Å²) in [5, 5.41) is 0. The summed E-state index contributed by atoms with van der Waals surface area (Å²) in [7, 11) is 9.28. The van der Waals surface area contributed by atoms with Crippen LogP contribution in [0.2, 0.25) is 0 Å². The molecule has 1 aliphatic rings. The molecule has 0 bridgehead atoms. The first-order chi connectivity index (χ1) is 5.79. The molecule has 0 N–H and O–H groups in total. The van der Waals surface area contributed by atoms with Gasteiger partial charge in [-0.05, 0) is 0 Å². The van der Waals surface area contributed by atoms with E-state index in [4.69, 9.17) is 14.8 Å². The summed E-state index contributed by atoms with van der Waals surface area (Å²) in [6.07, 6.45) is 0. The van der Waals surface area contributed by atoms with Crippen LogP contribution in [0.15, 0.2) is 27.1 Å². The van der Waals surface area contributed by atoms with Gasteiger partial charge in [0.05, 0.1) is 0 Å². The molecule has 2 rings (SSSR count). The van der Waals surface area contributed by atoms with E-state index >= 15 is 0 Å². The van der Waals surface area contributed by atoms with Crippen molar-refractivity contribution < 1.29 is 4.74 Å². The minimum atomic E-state index is -1.29. The normalized spacial score (nSPS) is 20.0. The van der Waals surface area contributed by atoms with Gasteiger partial charge in [0.2, 0.25) is 0 Å². The van der Waals surface area contributed by atoms with Crippen LogP contribution >= 0.6 is 20.3 Å². The molecule has 0 spiro atoms. The van der Waals surface area contributed by atoms with E-state index in [9.17, 15) is 0 Å². The van der Waals surface area contributed by atoms with Crippen LogP contribution in [0.3, 0.4) is 0 Å². The molecule has 0 aliphatic carbocycles. The fourth-order valence-corrected chi connectivity index (χ4v) is 6.12. The SMILES string of the molecule is COc1ccc2c(c1)N=[Se](Cl)S2. The zero-order valence-electron chi connectivity index (χ0n) is 6.28. The molecule has 1 aromatic carbocycles. The maximum atomic E-state index is 5.95. The second kappa shape index (κ2) is 3.38. The van der Waals surface area contributed by atoms with E-state index in [2.05, 4.69) is 3.96 Å². The van der Waals surface area contributed by atoms with Gasteiger partial charge >= 0.3 is 82.3 Å². The van der Waals surface area contributed by atoms with Crippen LogP contribution in [0, 0.1) is 0 Å². The molecule has 64 valence electrons. The second-order valence-corrected chi connectivity index (χ2v) is 9.23. The Balaban J connectivity index is 2.45. The van der Waals surface area contributed by atoms with Crippen LogP contribution in [0.5, 0.6) is 5.75 Å². The van der Waals surface area contributed by atoms with Crippen molar-refractivity contribution in [2.75, 3.05) is 7.11 Å². The molecule has 1 unspecified atom stereocenters. The number of methoxy groups -OCH3 is 1. The Hall–Kier alpha value is -0.0205. The zero-order chi connectivity index (χ0) is 8.55. The zero-order valence-corrected chi connectivity index (χ0v) is 9.57. The first-order valence-electron chi connectivity index (χ1n) is 3.28. The Morgan fingerprint density at radius 3 is 3.17 bits per heavy atom. The van der Waals surface area contributed by atoms with E-state index in [1.54, 1.807) is 17.3 Å². The summed E-state index contributed by atoms with van der Waals surface area (Å²) in [4.78, 5) is 1.18. The summed E-state index contributed by atoms with van der Waals surface area (Å²) in [6.45, 7) is 0. The number of hydrogen-bond donors (Lipinski definition) is 0. The number of rotatable bonds is 1. The molecule has 0 aromatic heterocycles. The van der Waals surface area contributed by atoms with Gasteiger partial charge in [-0.25, -0.2) is 0 Å². The predicted molar refractivity (Wildman–Crippen MR) is 52.5 cm³/mol. The van der Waals surface area contributed by atoms with Gasteiger partial charge in [-0.2, -0.15) is 0 Å². The fourth-order valence-electron chi connectivity index (χ4n) is 0.936. The van der Waals surface area contributed by atoms with Crippen molar-refractivity contribution in [3.8, 4) is 5.75 Å². The van der Waals surface area contributed by atoms with Gasteiger partial charge in [-0.1, -0.05) is 0 Å². The molecule has 1 atom stereocenters. The molecular formula is C7H6ClNOSSe. The van der Waals surface area contributed by atoms with Crippen molar-refractivity contribution in [3.63, 3.8) is 0 Å². The number of halogens is 1. The molecule has 5 heteroatoms. The molecule has 2 nitrogen and oxygen atoms in total. The quantitative estimate of drug-likeness (QED) is 0.729.